The van der Waals surface area contributed by atoms with Crippen molar-refractivity contribution in [3.05, 3.63) is 110 Å². The van der Waals surface area contributed by atoms with E-state index in [2.05, 4.69) is 4.98 Å². The second kappa shape index (κ2) is 10.7. The lowest BCUT2D eigenvalue weighted by Crippen LogP contribution is -2.58. The summed E-state index contributed by atoms with van der Waals surface area (Å²) in [6.07, 6.45) is 0. The van der Waals surface area contributed by atoms with Crippen LogP contribution in [0.3, 0.4) is 0 Å². The van der Waals surface area contributed by atoms with Crippen LogP contribution in [0.5, 0.6) is 0 Å². The molecule has 4 aromatic rings. The van der Waals surface area contributed by atoms with Gasteiger partial charge in [0, 0.05) is 26.7 Å². The van der Waals surface area contributed by atoms with Gasteiger partial charge in [0.05, 0.1) is 16.5 Å². The fraction of sp³-hybridized carbons (Fsp3) is 0.214. The third kappa shape index (κ3) is 4.96. The van der Waals surface area contributed by atoms with Crippen LogP contribution in [-0.4, -0.2) is 56.1 Å². The molecule has 13 heteroatoms. The second-order valence-electron chi connectivity index (χ2n) is 9.54. The van der Waals surface area contributed by atoms with Crippen LogP contribution in [0.25, 0.3) is 11.0 Å². The Hall–Kier alpha value is -5.22. The normalized spacial score (nSPS) is 15.7. The Bertz CT molecular complexity index is 1720. The molecule has 0 saturated carbocycles. The molecule has 0 aliphatic carbocycles. The third-order valence-electron chi connectivity index (χ3n) is 7.21. The summed E-state index contributed by atoms with van der Waals surface area (Å²) in [4.78, 5) is 44.4. The summed E-state index contributed by atoms with van der Waals surface area (Å²) in [5.74, 6) is -2.22. The van der Waals surface area contributed by atoms with Gasteiger partial charge in [0.15, 0.2) is 5.69 Å². The number of halogens is 2. The third-order valence-corrected chi connectivity index (χ3v) is 7.21. The number of pyridine rings is 2. The monoisotopic (exact) mass is 560 g/mol. The molecule has 2 aromatic heterocycles. The smallest absolute Gasteiger partial charge is 0.359 e. The van der Waals surface area contributed by atoms with Crippen molar-refractivity contribution in [2.75, 3.05) is 24.5 Å². The summed E-state index contributed by atoms with van der Waals surface area (Å²) in [6.45, 7) is -0.192. The number of rotatable bonds is 6. The van der Waals surface area contributed by atoms with Crippen molar-refractivity contribution in [2.45, 2.75) is 12.1 Å². The predicted molar refractivity (Wildman–Crippen MR) is 143 cm³/mol. The van der Waals surface area contributed by atoms with Gasteiger partial charge in [-0.1, -0.05) is 24.3 Å². The van der Waals surface area contributed by atoms with E-state index in [9.17, 15) is 38.9 Å². The summed E-state index contributed by atoms with van der Waals surface area (Å²) in [5.41, 5.74) is -0.527. The first kappa shape index (κ1) is 27.4. The summed E-state index contributed by atoms with van der Waals surface area (Å²) >= 11 is 0. The maximum Gasteiger partial charge on any atom is 0.359 e. The van der Waals surface area contributed by atoms with Gasteiger partial charge in [-0.15, -0.1) is 0 Å². The molecule has 1 unspecified atom stereocenters. The van der Waals surface area contributed by atoms with Crippen LogP contribution >= 0.6 is 0 Å². The van der Waals surface area contributed by atoms with E-state index in [0.717, 1.165) is 4.57 Å². The van der Waals surface area contributed by atoms with E-state index < -0.39 is 45.9 Å². The van der Waals surface area contributed by atoms with Crippen molar-refractivity contribution in [3.63, 3.8) is 0 Å². The summed E-state index contributed by atoms with van der Waals surface area (Å²) in [6, 6.07) is 13.8. The number of benzene rings is 2. The molecule has 0 spiro atoms. The molecule has 0 bridgehead atoms. The van der Waals surface area contributed by atoms with Gasteiger partial charge in [-0.3, -0.25) is 24.6 Å². The zero-order valence-corrected chi connectivity index (χ0v) is 21.6. The Balaban J connectivity index is 1.64. The Labute approximate surface area is 231 Å². The number of carboxylic acids is 1. The van der Waals surface area contributed by atoms with Gasteiger partial charge < -0.3 is 14.6 Å². The topological polar surface area (TPSA) is 146 Å². The maximum atomic E-state index is 13.8. The van der Waals surface area contributed by atoms with Crippen molar-refractivity contribution in [1.29, 1.82) is 5.26 Å². The first-order valence-electron chi connectivity index (χ1n) is 12.4. The molecule has 208 valence electrons. The molecule has 1 aliphatic heterocycles. The number of nitrogens with zero attached hydrogens (tertiary/aromatic N) is 6. The van der Waals surface area contributed by atoms with Gasteiger partial charge in [0.2, 0.25) is 0 Å². The number of carbonyl (C=O) groups is 1. The van der Waals surface area contributed by atoms with E-state index in [1.165, 1.54) is 72.6 Å². The highest BCUT2D eigenvalue weighted by molar-refractivity contribution is 5.94. The van der Waals surface area contributed by atoms with Crippen molar-refractivity contribution in [2.24, 2.45) is 7.05 Å². The number of aliphatic carboxylic acids is 1. The Morgan fingerprint density at radius 3 is 2.17 bits per heavy atom. The highest BCUT2D eigenvalue weighted by Gasteiger charge is 2.41. The van der Waals surface area contributed by atoms with Gasteiger partial charge in [-0.05, 0) is 47.5 Å². The van der Waals surface area contributed by atoms with Crippen LogP contribution in [-0.2, 0) is 11.8 Å². The van der Waals surface area contributed by atoms with E-state index in [1.54, 1.807) is 4.90 Å². The Morgan fingerprint density at radius 2 is 1.66 bits per heavy atom. The standard InChI is InChI=1S/C28H22F2N6O5/c1-33-21-11-10-20(14-31)32-23(21)25(26(27(33)37)36(40)41)34-12-13-35(22(15-34)28(38)39)24(16-2-6-18(29)7-3-16)17-4-8-19(30)9-5-17/h2-11,22,24H,12-13,15H2,1H3,(H,38,39). The molecule has 1 atom stereocenters. The molecule has 5 rings (SSSR count). The average molecular weight is 561 g/mol. The molecule has 1 aliphatic rings. The number of carboxylic acid groups (broad SMARTS) is 1. The number of anilines is 1. The quantitative estimate of drug-likeness (QED) is 0.277. The highest BCUT2D eigenvalue weighted by atomic mass is 19.1. The first-order valence-corrected chi connectivity index (χ1v) is 12.4. The molecule has 41 heavy (non-hydrogen) atoms. The molecule has 2 aromatic carbocycles. The molecule has 0 amide bonds. The van der Waals surface area contributed by atoms with E-state index in [0.29, 0.717) is 11.1 Å². The molecular weight excluding hydrogens is 538 g/mol. The second-order valence-corrected chi connectivity index (χ2v) is 9.54. The van der Waals surface area contributed by atoms with Crippen LogP contribution in [0.15, 0.2) is 65.5 Å². The van der Waals surface area contributed by atoms with Crippen LogP contribution in [0.4, 0.5) is 20.2 Å². The number of piperazine rings is 1. The minimum atomic E-state index is -1.26. The number of hydrogen-bond donors (Lipinski definition) is 1. The van der Waals surface area contributed by atoms with E-state index in [4.69, 9.17) is 0 Å². The number of nitriles is 1. The molecule has 0 radical (unpaired) electrons. The lowest BCUT2D eigenvalue weighted by Gasteiger charge is -2.44. The lowest BCUT2D eigenvalue weighted by molar-refractivity contribution is -0.385. The largest absolute Gasteiger partial charge is 0.480 e. The van der Waals surface area contributed by atoms with Crippen molar-refractivity contribution >= 4 is 28.4 Å². The molecule has 1 N–H and O–H groups in total. The zero-order chi connectivity index (χ0) is 29.4. The zero-order valence-electron chi connectivity index (χ0n) is 21.6. The number of nitro groups is 1. The van der Waals surface area contributed by atoms with E-state index in [-0.39, 0.29) is 42.0 Å². The van der Waals surface area contributed by atoms with Crippen LogP contribution in [0.2, 0.25) is 0 Å². The molecule has 3 heterocycles. The Kier molecular flexibility index (Phi) is 7.17. The predicted octanol–water partition coefficient (Wildman–Crippen LogP) is 3.36. The number of aryl methyl sites for hydroxylation is 1. The highest BCUT2D eigenvalue weighted by Crippen LogP contribution is 2.37. The minimum absolute atomic E-state index is 0.0176. The van der Waals surface area contributed by atoms with Crippen LogP contribution in [0.1, 0.15) is 22.9 Å². The number of fused-ring (bicyclic) bond motifs is 1. The molecule has 1 saturated heterocycles. The fourth-order valence-corrected chi connectivity index (χ4v) is 5.30. The summed E-state index contributed by atoms with van der Waals surface area (Å²) < 4.78 is 28.6. The van der Waals surface area contributed by atoms with Gasteiger partial charge >= 0.3 is 17.2 Å². The summed E-state index contributed by atoms with van der Waals surface area (Å²) in [7, 11) is 1.35. The maximum absolute atomic E-state index is 13.8. The molecule has 1 fully saturated rings. The minimum Gasteiger partial charge on any atom is -0.480 e. The Morgan fingerprint density at radius 1 is 1.07 bits per heavy atom. The van der Waals surface area contributed by atoms with Crippen molar-refractivity contribution in [1.82, 2.24) is 14.5 Å². The van der Waals surface area contributed by atoms with E-state index >= 15 is 0 Å². The van der Waals surface area contributed by atoms with Gasteiger partial charge in [0.1, 0.15) is 35.0 Å². The van der Waals surface area contributed by atoms with Gasteiger partial charge in [-0.25, -0.2) is 13.8 Å². The summed E-state index contributed by atoms with van der Waals surface area (Å²) in [5, 5.41) is 31.9. The van der Waals surface area contributed by atoms with Crippen LogP contribution < -0.4 is 10.5 Å². The van der Waals surface area contributed by atoms with Crippen LogP contribution in [0, 0.1) is 33.1 Å². The van der Waals surface area contributed by atoms with Crippen molar-refractivity contribution < 1.29 is 23.6 Å². The number of aromatic nitrogens is 2. The van der Waals surface area contributed by atoms with Crippen molar-refractivity contribution in [3.8, 4) is 6.07 Å². The number of hydrogen-bond acceptors (Lipinski definition) is 8. The van der Waals surface area contributed by atoms with Gasteiger partial charge in [0.25, 0.3) is 0 Å². The lowest BCUT2D eigenvalue weighted by atomic mass is 9.94. The average Bonchev–Trinajstić information content (AvgIpc) is 2.96. The van der Waals surface area contributed by atoms with Gasteiger partial charge in [-0.2, -0.15) is 5.26 Å². The molecular formula is C28H22F2N6O5. The molecule has 11 nitrogen and oxygen atoms in total. The SMILES string of the molecule is Cn1c(=O)c([N+](=O)[O-])c(N2CCN(C(c3ccc(F)cc3)c3ccc(F)cc3)C(C(=O)O)C2)c2nc(C#N)ccc21. The first-order chi connectivity index (χ1) is 19.6. The van der Waals surface area contributed by atoms with E-state index in [1.807, 2.05) is 6.07 Å². The fourth-order valence-electron chi connectivity index (χ4n) is 5.30.